The maximum absolute atomic E-state index is 11.5. The topological polar surface area (TPSA) is 41.1 Å². The molecule has 0 aromatic carbocycles. The molecule has 1 amide bonds. The minimum Gasteiger partial charge on any atom is -0.352 e. The highest BCUT2D eigenvalue weighted by atomic mass is 32.2. The van der Waals surface area contributed by atoms with Gasteiger partial charge >= 0.3 is 0 Å². The Morgan fingerprint density at radius 1 is 1.53 bits per heavy atom. The molecule has 1 rings (SSSR count). The van der Waals surface area contributed by atoms with Gasteiger partial charge in [0.25, 0.3) is 0 Å². The van der Waals surface area contributed by atoms with Crippen LogP contribution in [0.25, 0.3) is 0 Å². The molecule has 1 atom stereocenters. The molecule has 88 valence electrons. The molecule has 1 fully saturated rings. The van der Waals surface area contributed by atoms with Crippen LogP contribution < -0.4 is 10.6 Å². The van der Waals surface area contributed by atoms with Gasteiger partial charge in [0.1, 0.15) is 0 Å². The molecular formula is C11H22N2OS. The molecule has 0 aromatic heterocycles. The summed E-state index contributed by atoms with van der Waals surface area (Å²) in [5.41, 5.74) is 0. The van der Waals surface area contributed by atoms with Crippen molar-refractivity contribution in [2.45, 2.75) is 38.6 Å². The van der Waals surface area contributed by atoms with Crippen molar-refractivity contribution in [3.63, 3.8) is 0 Å². The van der Waals surface area contributed by atoms with E-state index in [9.17, 15) is 4.79 Å². The van der Waals surface area contributed by atoms with Crippen LogP contribution in [-0.2, 0) is 4.79 Å². The zero-order chi connectivity index (χ0) is 10.9. The average Bonchev–Trinajstić information content (AvgIpc) is 2.47. The van der Waals surface area contributed by atoms with Crippen LogP contribution in [0.5, 0.6) is 0 Å². The zero-order valence-corrected chi connectivity index (χ0v) is 10.4. The van der Waals surface area contributed by atoms with E-state index >= 15 is 0 Å². The monoisotopic (exact) mass is 230 g/mol. The molecule has 3 nitrogen and oxygen atoms in total. The van der Waals surface area contributed by atoms with Crippen molar-refractivity contribution >= 4 is 17.7 Å². The van der Waals surface area contributed by atoms with E-state index in [1.807, 2.05) is 11.8 Å². The Kier molecular flexibility index (Phi) is 6.85. The number of carbonyl (C=O) groups is 1. The molecule has 0 aromatic rings. The fourth-order valence-electron chi connectivity index (χ4n) is 1.75. The molecule has 0 bridgehead atoms. The van der Waals surface area contributed by atoms with Crippen LogP contribution in [0.15, 0.2) is 0 Å². The summed E-state index contributed by atoms with van der Waals surface area (Å²) in [4.78, 5) is 11.5. The van der Waals surface area contributed by atoms with E-state index < -0.39 is 0 Å². The first kappa shape index (κ1) is 12.8. The maximum atomic E-state index is 11.5. The van der Waals surface area contributed by atoms with Crippen molar-refractivity contribution in [3.05, 3.63) is 0 Å². The quantitative estimate of drug-likeness (QED) is 0.701. The fourth-order valence-corrected chi connectivity index (χ4v) is 2.37. The molecule has 4 heteroatoms. The minimum absolute atomic E-state index is 0.213. The Hall–Kier alpha value is -0.220. The molecule has 1 aliphatic rings. The molecule has 0 radical (unpaired) electrons. The van der Waals surface area contributed by atoms with Gasteiger partial charge in [-0.25, -0.2) is 0 Å². The van der Waals surface area contributed by atoms with Crippen molar-refractivity contribution in [1.82, 2.24) is 10.6 Å². The highest BCUT2D eigenvalue weighted by Crippen LogP contribution is 2.05. The van der Waals surface area contributed by atoms with Gasteiger partial charge in [-0.15, -0.1) is 0 Å². The number of hydrogen-bond acceptors (Lipinski definition) is 3. The Labute approximate surface area is 96.8 Å². The molecule has 0 aliphatic carbocycles. The second-order valence-electron chi connectivity index (χ2n) is 3.91. The normalized spacial score (nSPS) is 22.1. The molecule has 2 N–H and O–H groups in total. The Balaban J connectivity index is 2.12. The van der Waals surface area contributed by atoms with Gasteiger partial charge in [0.05, 0.1) is 0 Å². The van der Waals surface area contributed by atoms with Gasteiger partial charge in [-0.05, 0) is 25.1 Å². The van der Waals surface area contributed by atoms with Crippen molar-refractivity contribution in [3.8, 4) is 0 Å². The summed E-state index contributed by atoms with van der Waals surface area (Å²) in [6, 6.07) is 0.353. The summed E-state index contributed by atoms with van der Waals surface area (Å²) >= 11 is 1.83. The van der Waals surface area contributed by atoms with E-state index in [0.29, 0.717) is 12.5 Å². The number of hydrogen-bond donors (Lipinski definition) is 2. The summed E-state index contributed by atoms with van der Waals surface area (Å²) in [5, 5.41) is 6.45. The maximum Gasteiger partial charge on any atom is 0.221 e. The lowest BCUT2D eigenvalue weighted by atomic mass is 10.1. The lowest BCUT2D eigenvalue weighted by molar-refractivity contribution is -0.121. The number of thioether (sulfide) groups is 1. The SMILES string of the molecule is CCSCCC(=O)NC1CCCCNC1. The first-order valence-electron chi connectivity index (χ1n) is 5.90. The van der Waals surface area contributed by atoms with Gasteiger partial charge in [-0.2, -0.15) is 11.8 Å². The van der Waals surface area contributed by atoms with Gasteiger partial charge in [0.2, 0.25) is 5.91 Å². The molecule has 0 saturated carbocycles. The van der Waals surface area contributed by atoms with Gasteiger partial charge in [0.15, 0.2) is 0 Å². The van der Waals surface area contributed by atoms with Gasteiger partial charge in [-0.3, -0.25) is 4.79 Å². The summed E-state index contributed by atoms with van der Waals surface area (Å²) < 4.78 is 0. The Bertz CT molecular complexity index is 179. The number of amides is 1. The third-order valence-electron chi connectivity index (χ3n) is 2.59. The predicted molar refractivity (Wildman–Crippen MR) is 66.3 cm³/mol. The van der Waals surface area contributed by atoms with Crippen molar-refractivity contribution in [2.75, 3.05) is 24.6 Å². The molecule has 0 spiro atoms. The van der Waals surface area contributed by atoms with Crippen molar-refractivity contribution < 1.29 is 4.79 Å². The molecule has 1 heterocycles. The van der Waals surface area contributed by atoms with Crippen molar-refractivity contribution in [2.24, 2.45) is 0 Å². The third-order valence-corrected chi connectivity index (χ3v) is 3.49. The highest BCUT2D eigenvalue weighted by Gasteiger charge is 2.13. The number of carbonyl (C=O) groups excluding carboxylic acids is 1. The highest BCUT2D eigenvalue weighted by molar-refractivity contribution is 7.99. The van der Waals surface area contributed by atoms with Crippen molar-refractivity contribution in [1.29, 1.82) is 0 Å². The second-order valence-corrected chi connectivity index (χ2v) is 5.31. The van der Waals surface area contributed by atoms with Crippen LogP contribution >= 0.6 is 11.8 Å². The Morgan fingerprint density at radius 2 is 2.40 bits per heavy atom. The van der Waals surface area contributed by atoms with E-state index in [1.54, 1.807) is 0 Å². The standard InChI is InChI=1S/C11H22N2OS/c1-2-15-8-6-11(14)13-10-5-3-4-7-12-9-10/h10,12H,2-9H2,1H3,(H,13,14). The van der Waals surface area contributed by atoms with E-state index in [1.165, 1.54) is 12.8 Å². The summed E-state index contributed by atoms with van der Waals surface area (Å²) in [6.45, 7) is 4.16. The Morgan fingerprint density at radius 3 is 3.20 bits per heavy atom. The largest absolute Gasteiger partial charge is 0.352 e. The molecule has 15 heavy (non-hydrogen) atoms. The summed E-state index contributed by atoms with van der Waals surface area (Å²) in [5.74, 6) is 2.26. The summed E-state index contributed by atoms with van der Waals surface area (Å²) in [6.07, 6.45) is 4.24. The van der Waals surface area contributed by atoms with Crippen LogP contribution in [0.2, 0.25) is 0 Å². The van der Waals surface area contributed by atoms with E-state index in [0.717, 1.165) is 31.0 Å². The molecule has 1 unspecified atom stereocenters. The fraction of sp³-hybridized carbons (Fsp3) is 0.909. The smallest absolute Gasteiger partial charge is 0.221 e. The van der Waals surface area contributed by atoms with Crippen LogP contribution in [0.3, 0.4) is 0 Å². The van der Waals surface area contributed by atoms with Gasteiger partial charge in [-0.1, -0.05) is 13.3 Å². The number of nitrogens with one attached hydrogen (secondary N) is 2. The zero-order valence-electron chi connectivity index (χ0n) is 9.55. The molecule has 1 aliphatic heterocycles. The lowest BCUT2D eigenvalue weighted by Crippen LogP contribution is -2.40. The molecular weight excluding hydrogens is 208 g/mol. The van der Waals surface area contributed by atoms with Gasteiger partial charge in [0, 0.05) is 24.8 Å². The van der Waals surface area contributed by atoms with E-state index in [4.69, 9.17) is 0 Å². The predicted octanol–water partition coefficient (Wildman–Crippen LogP) is 1.39. The molecule has 1 saturated heterocycles. The van der Waals surface area contributed by atoms with Crippen LogP contribution in [0, 0.1) is 0 Å². The van der Waals surface area contributed by atoms with Crippen LogP contribution in [-0.4, -0.2) is 36.5 Å². The number of rotatable bonds is 5. The minimum atomic E-state index is 0.213. The van der Waals surface area contributed by atoms with Gasteiger partial charge < -0.3 is 10.6 Å². The lowest BCUT2D eigenvalue weighted by Gasteiger charge is -2.16. The summed E-state index contributed by atoms with van der Waals surface area (Å²) in [7, 11) is 0. The van der Waals surface area contributed by atoms with Crippen LogP contribution in [0.4, 0.5) is 0 Å². The van der Waals surface area contributed by atoms with E-state index in [-0.39, 0.29) is 5.91 Å². The first-order valence-corrected chi connectivity index (χ1v) is 7.06. The third kappa shape index (κ3) is 6.05. The first-order chi connectivity index (χ1) is 7.33. The van der Waals surface area contributed by atoms with Crippen LogP contribution in [0.1, 0.15) is 32.6 Å². The average molecular weight is 230 g/mol. The van der Waals surface area contributed by atoms with E-state index in [2.05, 4.69) is 17.6 Å². The second kappa shape index (κ2) is 7.99.